The first kappa shape index (κ1) is 15.4. The lowest BCUT2D eigenvalue weighted by atomic mass is 10.0. The number of ether oxygens (including phenoxy) is 1. The monoisotopic (exact) mass is 328 g/mol. The first-order chi connectivity index (χ1) is 10.6. The number of nitro benzene ring substituents is 4. The molecule has 23 heavy (non-hydrogen) atoms. The van der Waals surface area contributed by atoms with E-state index in [1.807, 2.05) is 0 Å². The van der Waals surface area contributed by atoms with Gasteiger partial charge in [0.15, 0.2) is 11.1 Å². The van der Waals surface area contributed by atoms with Gasteiger partial charge in [-0.05, 0) is 0 Å². The van der Waals surface area contributed by atoms with Gasteiger partial charge in [0.2, 0.25) is 0 Å². The highest BCUT2D eigenvalue weighted by molar-refractivity contribution is 6.21. The Kier molecular flexibility index (Phi) is 3.17. The van der Waals surface area contributed by atoms with Crippen LogP contribution in [0.15, 0.2) is 0 Å². The largest absolute Gasteiger partial charge is 0.430 e. The molecule has 1 heterocycles. The van der Waals surface area contributed by atoms with Crippen molar-refractivity contribution >= 4 is 34.7 Å². The maximum absolute atomic E-state index is 11.5. The van der Waals surface area contributed by atoms with Gasteiger partial charge in [-0.25, -0.2) is 9.59 Å². The van der Waals surface area contributed by atoms with E-state index < -0.39 is 65.5 Å². The van der Waals surface area contributed by atoms with Crippen molar-refractivity contribution in [2.45, 2.75) is 0 Å². The fraction of sp³-hybridized carbons (Fsp3) is 0. The van der Waals surface area contributed by atoms with E-state index in [4.69, 9.17) is 0 Å². The number of nitrogens with zero attached hydrogens (tertiary/aromatic N) is 4. The lowest BCUT2D eigenvalue weighted by Gasteiger charge is -2.01. The molecule has 1 aromatic rings. The topological polar surface area (TPSA) is 216 Å². The molecule has 0 spiro atoms. The maximum Gasteiger partial charge on any atom is 0.430 e. The zero-order valence-corrected chi connectivity index (χ0v) is 10.3. The van der Waals surface area contributed by atoms with Gasteiger partial charge in [0, 0.05) is 0 Å². The number of rotatable bonds is 4. The number of nitro groups is 4. The molecule has 0 fully saturated rings. The van der Waals surface area contributed by atoms with E-state index >= 15 is 0 Å². The lowest BCUT2D eigenvalue weighted by Crippen LogP contribution is -2.11. The Labute approximate surface area is 121 Å². The van der Waals surface area contributed by atoms with Crippen molar-refractivity contribution in [1.29, 1.82) is 0 Å². The second-order valence-electron chi connectivity index (χ2n) is 3.85. The van der Waals surface area contributed by atoms with Crippen LogP contribution >= 0.6 is 0 Å². The highest BCUT2D eigenvalue weighted by Gasteiger charge is 2.56. The molecule has 1 aliphatic rings. The standard InChI is InChI=1S/C8N4O11/c13-7-1-2(8(14)23-7)4(10(17)18)6(12(21)22)5(11(19)20)3(1)9(15)16. The number of esters is 2. The van der Waals surface area contributed by atoms with E-state index in [1.54, 1.807) is 0 Å². The maximum atomic E-state index is 11.5. The van der Waals surface area contributed by atoms with Crippen LogP contribution in [-0.4, -0.2) is 31.6 Å². The summed E-state index contributed by atoms with van der Waals surface area (Å²) in [4.78, 5) is 60.5. The van der Waals surface area contributed by atoms with Crippen LogP contribution in [0.3, 0.4) is 0 Å². The lowest BCUT2D eigenvalue weighted by molar-refractivity contribution is -0.452. The first-order valence-corrected chi connectivity index (χ1v) is 5.17. The van der Waals surface area contributed by atoms with Crippen LogP contribution in [0.2, 0.25) is 0 Å². The fourth-order valence-corrected chi connectivity index (χ4v) is 1.98. The van der Waals surface area contributed by atoms with Gasteiger partial charge >= 0.3 is 34.7 Å². The number of cyclic esters (lactones) is 2. The average molecular weight is 328 g/mol. The average Bonchev–Trinajstić information content (AvgIpc) is 2.70. The third-order valence-electron chi connectivity index (χ3n) is 2.72. The molecule has 2 rings (SSSR count). The van der Waals surface area contributed by atoms with Gasteiger partial charge in [0.1, 0.15) is 0 Å². The molecule has 0 aromatic heterocycles. The minimum atomic E-state index is -1.89. The van der Waals surface area contributed by atoms with E-state index in [-0.39, 0.29) is 0 Å². The molecule has 1 aromatic carbocycles. The minimum absolute atomic E-state index is 1.37. The molecule has 0 unspecified atom stereocenters. The molecule has 0 N–H and O–H groups in total. The highest BCUT2D eigenvalue weighted by atomic mass is 16.7. The van der Waals surface area contributed by atoms with Gasteiger partial charge in [-0.2, -0.15) is 0 Å². The smallest absolute Gasteiger partial charge is 0.385 e. The molecule has 15 heteroatoms. The third-order valence-corrected chi connectivity index (χ3v) is 2.72. The van der Waals surface area contributed by atoms with Crippen LogP contribution < -0.4 is 0 Å². The molecule has 0 atom stereocenters. The summed E-state index contributed by atoms with van der Waals surface area (Å²) in [5.41, 5.74) is -9.97. The van der Waals surface area contributed by atoms with Gasteiger partial charge < -0.3 is 4.74 Å². The number of hydrogen-bond donors (Lipinski definition) is 0. The van der Waals surface area contributed by atoms with Gasteiger partial charge in [0.25, 0.3) is 0 Å². The predicted octanol–water partition coefficient (Wildman–Crippen LogP) is 0.630. The van der Waals surface area contributed by atoms with Gasteiger partial charge in [-0.3, -0.25) is 40.5 Å². The van der Waals surface area contributed by atoms with Crippen molar-refractivity contribution in [2.24, 2.45) is 0 Å². The number of hydrogen-bond acceptors (Lipinski definition) is 11. The Balaban J connectivity index is 3.23. The van der Waals surface area contributed by atoms with Gasteiger partial charge in [0.05, 0.1) is 19.7 Å². The summed E-state index contributed by atoms with van der Waals surface area (Å²) in [7, 11) is 0. The normalized spacial score (nSPS) is 12.5. The molecule has 0 aliphatic carbocycles. The number of benzene rings is 1. The summed E-state index contributed by atoms with van der Waals surface area (Å²) in [5, 5.41) is 43.9. The molecule has 0 saturated carbocycles. The Morgan fingerprint density at radius 2 is 0.826 bits per heavy atom. The number of fused-ring (bicyclic) bond motifs is 1. The Hall–Kier alpha value is -4.04. The van der Waals surface area contributed by atoms with Crippen molar-refractivity contribution in [3.05, 3.63) is 51.6 Å². The summed E-state index contributed by atoms with van der Waals surface area (Å²) < 4.78 is 3.95. The second-order valence-corrected chi connectivity index (χ2v) is 3.85. The van der Waals surface area contributed by atoms with E-state index in [0.29, 0.717) is 0 Å². The number of carbonyl (C=O) groups excluding carboxylic acids is 2. The number of carbonyl (C=O) groups is 2. The molecule has 15 nitrogen and oxygen atoms in total. The highest BCUT2D eigenvalue weighted by Crippen LogP contribution is 2.50. The molecule has 0 amide bonds. The Morgan fingerprint density at radius 3 is 1.04 bits per heavy atom. The van der Waals surface area contributed by atoms with E-state index in [9.17, 15) is 50.0 Å². The summed E-state index contributed by atoms with van der Waals surface area (Å²) in [6.07, 6.45) is 0. The van der Waals surface area contributed by atoms with Gasteiger partial charge in [-0.15, -0.1) is 0 Å². The summed E-state index contributed by atoms with van der Waals surface area (Å²) in [6.45, 7) is 0. The van der Waals surface area contributed by atoms with Crippen LogP contribution in [0.1, 0.15) is 20.7 Å². The zero-order chi connectivity index (χ0) is 17.6. The predicted molar refractivity (Wildman–Crippen MR) is 62.8 cm³/mol. The molecule has 1 aliphatic heterocycles. The molecular weight excluding hydrogens is 328 g/mol. The zero-order valence-electron chi connectivity index (χ0n) is 10.3. The van der Waals surface area contributed by atoms with Crippen LogP contribution in [-0.2, 0) is 4.74 Å². The second kappa shape index (κ2) is 4.76. The quantitative estimate of drug-likeness (QED) is 0.323. The SMILES string of the molecule is O=C1OC(=O)c2c1c([N+](=O)[O-])c([N+](=O)[O-])c([N+](=O)[O-])c2[N+](=O)[O-]. The van der Waals surface area contributed by atoms with Crippen LogP contribution in [0.25, 0.3) is 0 Å². The van der Waals surface area contributed by atoms with Crippen molar-refractivity contribution in [1.82, 2.24) is 0 Å². The fourth-order valence-electron chi connectivity index (χ4n) is 1.98. The molecule has 0 radical (unpaired) electrons. The molecule has 0 bridgehead atoms. The molecular formula is C8N4O11. The Bertz CT molecular complexity index is 787. The minimum Gasteiger partial charge on any atom is -0.385 e. The van der Waals surface area contributed by atoms with Crippen molar-refractivity contribution < 1.29 is 34.0 Å². The molecule has 118 valence electrons. The van der Waals surface area contributed by atoms with Crippen molar-refractivity contribution in [2.75, 3.05) is 0 Å². The molecule has 0 saturated heterocycles. The summed E-state index contributed by atoms with van der Waals surface area (Å²) in [5.74, 6) is -3.50. The van der Waals surface area contributed by atoms with E-state index in [1.165, 1.54) is 0 Å². The van der Waals surface area contributed by atoms with Crippen molar-refractivity contribution in [3.63, 3.8) is 0 Å². The van der Waals surface area contributed by atoms with E-state index in [2.05, 4.69) is 4.74 Å². The van der Waals surface area contributed by atoms with Crippen LogP contribution in [0, 0.1) is 40.5 Å². The van der Waals surface area contributed by atoms with Crippen LogP contribution in [0.4, 0.5) is 22.7 Å². The van der Waals surface area contributed by atoms with Crippen molar-refractivity contribution in [3.8, 4) is 0 Å². The summed E-state index contributed by atoms with van der Waals surface area (Å²) >= 11 is 0. The summed E-state index contributed by atoms with van der Waals surface area (Å²) in [6, 6.07) is 0. The van der Waals surface area contributed by atoms with Crippen LogP contribution in [0.5, 0.6) is 0 Å². The third kappa shape index (κ3) is 1.99. The van der Waals surface area contributed by atoms with Gasteiger partial charge in [-0.1, -0.05) is 0 Å². The van der Waals surface area contributed by atoms with E-state index in [0.717, 1.165) is 0 Å². The first-order valence-electron chi connectivity index (χ1n) is 5.17. The Morgan fingerprint density at radius 1 is 0.565 bits per heavy atom.